The third kappa shape index (κ3) is 3.45. The first kappa shape index (κ1) is 16.6. The quantitative estimate of drug-likeness (QED) is 0.755. The number of esters is 1. The largest absolute Gasteiger partial charge is 0.462 e. The van der Waals surface area contributed by atoms with Gasteiger partial charge in [0.1, 0.15) is 0 Å². The fourth-order valence-electron chi connectivity index (χ4n) is 3.37. The van der Waals surface area contributed by atoms with Gasteiger partial charge in [-0.25, -0.2) is 4.79 Å². The molecule has 1 saturated heterocycles. The van der Waals surface area contributed by atoms with Crippen LogP contribution in [0.4, 0.5) is 5.69 Å². The summed E-state index contributed by atoms with van der Waals surface area (Å²) in [5.74, 6) is -0.249. The Balaban J connectivity index is 2.06. The fraction of sp³-hybridized carbons (Fsp3) is 0.381. The molecular weight excluding hydrogens is 298 g/mol. The zero-order valence-electron chi connectivity index (χ0n) is 14.5. The van der Waals surface area contributed by atoms with Gasteiger partial charge in [0, 0.05) is 18.8 Å². The predicted octanol–water partition coefficient (Wildman–Crippen LogP) is 4.83. The minimum atomic E-state index is -0.249. The number of hydrogen-bond acceptors (Lipinski definition) is 3. The van der Waals surface area contributed by atoms with Crippen LogP contribution in [0, 0.1) is 6.92 Å². The highest BCUT2D eigenvalue weighted by molar-refractivity contribution is 5.98. The van der Waals surface area contributed by atoms with E-state index >= 15 is 0 Å². The summed E-state index contributed by atoms with van der Waals surface area (Å²) < 4.78 is 5.26. The van der Waals surface area contributed by atoms with E-state index in [9.17, 15) is 4.79 Å². The molecule has 0 spiro atoms. The summed E-state index contributed by atoms with van der Waals surface area (Å²) in [6, 6.07) is 14.3. The Labute approximate surface area is 144 Å². The number of aryl methyl sites for hydroxylation is 1. The molecule has 0 aliphatic carbocycles. The maximum absolute atomic E-state index is 12.4. The van der Waals surface area contributed by atoms with Crippen molar-refractivity contribution in [3.05, 3.63) is 53.6 Å². The maximum atomic E-state index is 12.4. The van der Waals surface area contributed by atoms with Gasteiger partial charge in [0.05, 0.1) is 12.2 Å². The number of hydrogen-bond donors (Lipinski definition) is 0. The molecular formula is C21H25NO2. The first-order chi connectivity index (χ1) is 11.7. The lowest BCUT2D eigenvalue weighted by Gasteiger charge is -2.29. The van der Waals surface area contributed by atoms with E-state index in [0.29, 0.717) is 12.2 Å². The van der Waals surface area contributed by atoms with Crippen LogP contribution in [0.25, 0.3) is 11.1 Å². The standard InChI is InChI=1S/C21H25NO2/c1-3-24-21(23)19-12-11-17(22-13-7-4-8-14-22)15-20(19)18-10-6-5-9-16(18)2/h5-6,9-12,15H,3-4,7-8,13-14H2,1-2H3. The summed E-state index contributed by atoms with van der Waals surface area (Å²) in [6.07, 6.45) is 3.78. The van der Waals surface area contributed by atoms with E-state index in [1.54, 1.807) is 0 Å². The van der Waals surface area contributed by atoms with Crippen LogP contribution in [0.2, 0.25) is 0 Å². The zero-order valence-corrected chi connectivity index (χ0v) is 14.5. The molecule has 0 atom stereocenters. The third-order valence-electron chi connectivity index (χ3n) is 4.65. The number of carbonyl (C=O) groups is 1. The molecule has 0 radical (unpaired) electrons. The number of benzene rings is 2. The Morgan fingerprint density at radius 1 is 1.04 bits per heavy atom. The van der Waals surface area contributed by atoms with E-state index in [1.807, 2.05) is 25.1 Å². The van der Waals surface area contributed by atoms with Crippen molar-refractivity contribution in [1.29, 1.82) is 0 Å². The second kappa shape index (κ2) is 7.52. The Morgan fingerprint density at radius 2 is 1.79 bits per heavy atom. The van der Waals surface area contributed by atoms with E-state index in [4.69, 9.17) is 4.74 Å². The van der Waals surface area contributed by atoms with Crippen LogP contribution in [0.1, 0.15) is 42.1 Å². The van der Waals surface area contributed by atoms with E-state index in [2.05, 4.69) is 36.1 Å². The van der Waals surface area contributed by atoms with Gasteiger partial charge in [0.15, 0.2) is 0 Å². The fourth-order valence-corrected chi connectivity index (χ4v) is 3.37. The SMILES string of the molecule is CCOC(=O)c1ccc(N2CCCCC2)cc1-c1ccccc1C. The second-order valence-corrected chi connectivity index (χ2v) is 6.31. The van der Waals surface area contributed by atoms with Crippen LogP contribution in [-0.4, -0.2) is 25.7 Å². The van der Waals surface area contributed by atoms with Crippen molar-refractivity contribution in [2.75, 3.05) is 24.6 Å². The highest BCUT2D eigenvalue weighted by atomic mass is 16.5. The van der Waals surface area contributed by atoms with Crippen molar-refractivity contribution in [2.24, 2.45) is 0 Å². The summed E-state index contributed by atoms with van der Waals surface area (Å²) in [4.78, 5) is 14.8. The molecule has 0 N–H and O–H groups in total. The van der Waals surface area contributed by atoms with Gasteiger partial charge in [-0.1, -0.05) is 24.3 Å². The Kier molecular flexibility index (Phi) is 5.19. The highest BCUT2D eigenvalue weighted by Gasteiger charge is 2.18. The maximum Gasteiger partial charge on any atom is 0.338 e. The van der Waals surface area contributed by atoms with Gasteiger partial charge in [-0.2, -0.15) is 0 Å². The van der Waals surface area contributed by atoms with Crippen LogP contribution in [-0.2, 0) is 4.74 Å². The predicted molar refractivity (Wildman–Crippen MR) is 98.6 cm³/mol. The van der Waals surface area contributed by atoms with Gasteiger partial charge in [0.2, 0.25) is 0 Å². The lowest BCUT2D eigenvalue weighted by atomic mass is 9.95. The monoisotopic (exact) mass is 323 g/mol. The summed E-state index contributed by atoms with van der Waals surface area (Å²) in [7, 11) is 0. The van der Waals surface area contributed by atoms with Gasteiger partial charge >= 0.3 is 5.97 Å². The lowest BCUT2D eigenvalue weighted by molar-refractivity contribution is 0.0527. The molecule has 1 aliphatic heterocycles. The molecule has 1 heterocycles. The first-order valence-electron chi connectivity index (χ1n) is 8.83. The third-order valence-corrected chi connectivity index (χ3v) is 4.65. The van der Waals surface area contributed by atoms with E-state index in [0.717, 1.165) is 24.2 Å². The van der Waals surface area contributed by atoms with Crippen LogP contribution in [0.5, 0.6) is 0 Å². The summed E-state index contributed by atoms with van der Waals surface area (Å²) in [5.41, 5.74) is 5.07. The minimum Gasteiger partial charge on any atom is -0.462 e. The summed E-state index contributed by atoms with van der Waals surface area (Å²) >= 11 is 0. The number of anilines is 1. The average Bonchev–Trinajstić information content (AvgIpc) is 2.62. The molecule has 2 aromatic carbocycles. The number of ether oxygens (including phenoxy) is 1. The van der Waals surface area contributed by atoms with E-state index < -0.39 is 0 Å². The molecule has 1 fully saturated rings. The van der Waals surface area contributed by atoms with E-state index in [1.165, 1.54) is 30.5 Å². The molecule has 126 valence electrons. The number of nitrogens with zero attached hydrogens (tertiary/aromatic N) is 1. The Morgan fingerprint density at radius 3 is 2.50 bits per heavy atom. The smallest absolute Gasteiger partial charge is 0.338 e. The molecule has 3 heteroatoms. The van der Waals surface area contributed by atoms with Crippen molar-refractivity contribution in [2.45, 2.75) is 33.1 Å². The van der Waals surface area contributed by atoms with E-state index in [-0.39, 0.29) is 5.97 Å². The van der Waals surface area contributed by atoms with Gasteiger partial charge in [-0.05, 0) is 68.0 Å². The molecule has 3 nitrogen and oxygen atoms in total. The van der Waals surface area contributed by atoms with Gasteiger partial charge in [-0.15, -0.1) is 0 Å². The van der Waals surface area contributed by atoms with Gasteiger partial charge in [-0.3, -0.25) is 0 Å². The van der Waals surface area contributed by atoms with Crippen LogP contribution < -0.4 is 4.90 Å². The first-order valence-corrected chi connectivity index (χ1v) is 8.83. The molecule has 0 aromatic heterocycles. The topological polar surface area (TPSA) is 29.5 Å². The van der Waals surface area contributed by atoms with Crippen molar-refractivity contribution >= 4 is 11.7 Å². The summed E-state index contributed by atoms with van der Waals surface area (Å²) in [5, 5.41) is 0. The highest BCUT2D eigenvalue weighted by Crippen LogP contribution is 2.32. The van der Waals surface area contributed by atoms with Gasteiger partial charge < -0.3 is 9.64 Å². The minimum absolute atomic E-state index is 0.249. The molecule has 0 bridgehead atoms. The second-order valence-electron chi connectivity index (χ2n) is 6.31. The van der Waals surface area contributed by atoms with Crippen molar-refractivity contribution in [3.63, 3.8) is 0 Å². The van der Waals surface area contributed by atoms with Crippen LogP contribution >= 0.6 is 0 Å². The van der Waals surface area contributed by atoms with Crippen LogP contribution in [0.15, 0.2) is 42.5 Å². The summed E-state index contributed by atoms with van der Waals surface area (Å²) in [6.45, 7) is 6.49. The number of rotatable bonds is 4. The van der Waals surface area contributed by atoms with Crippen molar-refractivity contribution < 1.29 is 9.53 Å². The molecule has 2 aromatic rings. The number of carbonyl (C=O) groups excluding carboxylic acids is 1. The lowest BCUT2D eigenvalue weighted by Crippen LogP contribution is -2.29. The molecule has 0 saturated carbocycles. The normalized spacial score (nSPS) is 14.5. The van der Waals surface area contributed by atoms with Crippen molar-refractivity contribution in [3.8, 4) is 11.1 Å². The molecule has 0 amide bonds. The van der Waals surface area contributed by atoms with Crippen LogP contribution in [0.3, 0.4) is 0 Å². The Hall–Kier alpha value is -2.29. The zero-order chi connectivity index (χ0) is 16.9. The van der Waals surface area contributed by atoms with Gasteiger partial charge in [0.25, 0.3) is 0 Å². The molecule has 3 rings (SSSR count). The van der Waals surface area contributed by atoms with Crippen molar-refractivity contribution in [1.82, 2.24) is 0 Å². The average molecular weight is 323 g/mol. The Bertz CT molecular complexity index is 718. The molecule has 1 aliphatic rings. The number of piperidine rings is 1. The molecule has 0 unspecified atom stereocenters. The molecule has 24 heavy (non-hydrogen) atoms.